The molecule has 0 saturated heterocycles. The Bertz CT molecular complexity index is 360. The van der Waals surface area contributed by atoms with Crippen LogP contribution in [0.3, 0.4) is 0 Å². The van der Waals surface area contributed by atoms with E-state index < -0.39 is 17.9 Å². The molecule has 0 aliphatic carbocycles. The number of rotatable bonds is 5. The van der Waals surface area contributed by atoms with Gasteiger partial charge in [-0.25, -0.2) is 0 Å². The van der Waals surface area contributed by atoms with Crippen molar-refractivity contribution in [2.24, 2.45) is 16.8 Å². The normalized spacial score (nSPS) is 15.5. The van der Waals surface area contributed by atoms with Crippen LogP contribution in [0.4, 0.5) is 0 Å². The van der Waals surface area contributed by atoms with Crippen LogP contribution in [0, 0.1) is 5.92 Å². The van der Waals surface area contributed by atoms with Crippen molar-refractivity contribution in [3.05, 3.63) is 0 Å². The van der Waals surface area contributed by atoms with Crippen molar-refractivity contribution >= 4 is 17.6 Å². The molecule has 0 aromatic heterocycles. The highest BCUT2D eigenvalue weighted by Gasteiger charge is 2.26. The number of amidine groups is 1. The van der Waals surface area contributed by atoms with Crippen molar-refractivity contribution < 1.29 is 14.8 Å². The third kappa shape index (κ3) is 6.08. The summed E-state index contributed by atoms with van der Waals surface area (Å²) >= 11 is 0. The third-order valence-corrected chi connectivity index (χ3v) is 2.45. The minimum Gasteiger partial charge on any atom is -0.409 e. The topological polar surface area (TPSA) is 117 Å². The largest absolute Gasteiger partial charge is 0.409 e. The Morgan fingerprint density at radius 3 is 2.21 bits per heavy atom. The summed E-state index contributed by atoms with van der Waals surface area (Å²) in [5.74, 6) is -1.62. The smallest absolute Gasteiger partial charge is 0.242 e. The number of carbonyl (C=O) groups is 2. The Hall–Kier alpha value is -1.79. The van der Waals surface area contributed by atoms with E-state index in [0.717, 1.165) is 0 Å². The van der Waals surface area contributed by atoms with Crippen LogP contribution in [0.2, 0.25) is 0 Å². The van der Waals surface area contributed by atoms with Gasteiger partial charge < -0.3 is 21.6 Å². The maximum Gasteiger partial charge on any atom is 0.242 e. The quantitative estimate of drug-likeness (QED) is 0.247. The Kier molecular flexibility index (Phi) is 6.31. The molecular weight excluding hydrogens is 248 g/mol. The zero-order valence-electron chi connectivity index (χ0n) is 12.2. The highest BCUT2D eigenvalue weighted by molar-refractivity contribution is 6.03. The summed E-state index contributed by atoms with van der Waals surface area (Å²) in [7, 11) is 0. The fourth-order valence-corrected chi connectivity index (χ4v) is 1.46. The third-order valence-electron chi connectivity index (χ3n) is 2.45. The Labute approximate surface area is 113 Å². The van der Waals surface area contributed by atoms with Gasteiger partial charge >= 0.3 is 0 Å². The van der Waals surface area contributed by atoms with Gasteiger partial charge in [-0.3, -0.25) is 9.59 Å². The van der Waals surface area contributed by atoms with Crippen LogP contribution in [0.15, 0.2) is 5.16 Å². The van der Waals surface area contributed by atoms with Crippen LogP contribution in [0.25, 0.3) is 0 Å². The lowest BCUT2D eigenvalue weighted by atomic mass is 10.0. The van der Waals surface area contributed by atoms with Gasteiger partial charge in [0, 0.05) is 5.54 Å². The predicted octanol–water partition coefficient (Wildman–Crippen LogP) is 0.178. The second-order valence-corrected chi connectivity index (χ2v) is 5.46. The van der Waals surface area contributed by atoms with Gasteiger partial charge in [0.05, 0.1) is 5.92 Å². The maximum absolute atomic E-state index is 11.9. The zero-order chi connectivity index (χ0) is 15.2. The Morgan fingerprint density at radius 2 is 1.84 bits per heavy atom. The van der Waals surface area contributed by atoms with Crippen molar-refractivity contribution in [3.8, 4) is 0 Å². The van der Waals surface area contributed by atoms with E-state index in [-0.39, 0.29) is 17.3 Å². The van der Waals surface area contributed by atoms with E-state index in [0.29, 0.717) is 6.42 Å². The van der Waals surface area contributed by atoms with Gasteiger partial charge in [0.2, 0.25) is 11.8 Å². The molecule has 0 saturated carbocycles. The minimum atomic E-state index is -0.741. The van der Waals surface area contributed by atoms with Crippen molar-refractivity contribution in [2.45, 2.75) is 52.6 Å². The molecule has 0 bridgehead atoms. The maximum atomic E-state index is 11.9. The number of nitrogens with two attached hydrogens (primary N) is 1. The number of amides is 2. The molecule has 0 aromatic rings. The summed E-state index contributed by atoms with van der Waals surface area (Å²) in [4.78, 5) is 23.7. The summed E-state index contributed by atoms with van der Waals surface area (Å²) in [6.07, 6.45) is 0.384. The minimum absolute atomic E-state index is 0.163. The standard InChI is InChI=1S/C12H24N4O3/c1-6-8(9(13)16-19)11(18)14-7(2)10(17)15-12(3,4)5/h7-8,19H,6H2,1-5H3,(H2,13,16)(H,14,18)(H,15,17). The van der Waals surface area contributed by atoms with E-state index in [1.807, 2.05) is 20.8 Å². The van der Waals surface area contributed by atoms with E-state index in [2.05, 4.69) is 15.8 Å². The van der Waals surface area contributed by atoms with E-state index in [1.165, 1.54) is 0 Å². The van der Waals surface area contributed by atoms with Crippen LogP contribution in [-0.2, 0) is 9.59 Å². The van der Waals surface area contributed by atoms with E-state index >= 15 is 0 Å². The first-order chi connectivity index (χ1) is 8.62. The molecule has 2 unspecified atom stereocenters. The van der Waals surface area contributed by atoms with E-state index in [1.54, 1.807) is 13.8 Å². The zero-order valence-corrected chi connectivity index (χ0v) is 12.2. The first kappa shape index (κ1) is 17.2. The van der Waals surface area contributed by atoms with E-state index in [9.17, 15) is 9.59 Å². The summed E-state index contributed by atoms with van der Waals surface area (Å²) in [6, 6.07) is -0.688. The van der Waals surface area contributed by atoms with Gasteiger partial charge in [0.25, 0.3) is 0 Å². The van der Waals surface area contributed by atoms with Crippen LogP contribution < -0.4 is 16.4 Å². The lowest BCUT2D eigenvalue weighted by molar-refractivity contribution is -0.130. The molecule has 2 atom stereocenters. The Morgan fingerprint density at radius 1 is 1.32 bits per heavy atom. The monoisotopic (exact) mass is 272 g/mol. The molecule has 0 radical (unpaired) electrons. The molecule has 0 aliphatic heterocycles. The molecule has 110 valence electrons. The molecule has 0 aromatic carbocycles. The number of oxime groups is 1. The summed E-state index contributed by atoms with van der Waals surface area (Å²) in [5.41, 5.74) is 5.05. The van der Waals surface area contributed by atoms with Gasteiger partial charge in [-0.05, 0) is 34.1 Å². The van der Waals surface area contributed by atoms with Crippen LogP contribution in [0.5, 0.6) is 0 Å². The molecule has 19 heavy (non-hydrogen) atoms. The number of carbonyl (C=O) groups excluding carboxylic acids is 2. The Balaban J connectivity index is 4.59. The van der Waals surface area contributed by atoms with Crippen LogP contribution in [0.1, 0.15) is 41.0 Å². The van der Waals surface area contributed by atoms with E-state index in [4.69, 9.17) is 10.9 Å². The summed E-state index contributed by atoms with van der Waals surface area (Å²) in [5, 5.41) is 16.7. The molecule has 7 heteroatoms. The number of nitrogens with one attached hydrogen (secondary N) is 2. The van der Waals surface area contributed by atoms with Gasteiger partial charge in [-0.2, -0.15) is 0 Å². The van der Waals surface area contributed by atoms with Gasteiger partial charge in [-0.1, -0.05) is 12.1 Å². The second-order valence-electron chi connectivity index (χ2n) is 5.46. The fourth-order valence-electron chi connectivity index (χ4n) is 1.46. The fraction of sp³-hybridized carbons (Fsp3) is 0.750. The average molecular weight is 272 g/mol. The molecule has 5 N–H and O–H groups in total. The first-order valence-corrected chi connectivity index (χ1v) is 6.22. The number of nitrogens with zero attached hydrogens (tertiary/aromatic N) is 1. The molecule has 0 spiro atoms. The van der Waals surface area contributed by atoms with Crippen LogP contribution >= 0.6 is 0 Å². The molecule has 7 nitrogen and oxygen atoms in total. The predicted molar refractivity (Wildman–Crippen MR) is 72.7 cm³/mol. The highest BCUT2D eigenvalue weighted by Crippen LogP contribution is 2.04. The second kappa shape index (κ2) is 6.96. The van der Waals surface area contributed by atoms with Crippen molar-refractivity contribution in [3.63, 3.8) is 0 Å². The molecule has 0 aliphatic rings. The lowest BCUT2D eigenvalue weighted by Gasteiger charge is -2.24. The van der Waals surface area contributed by atoms with Crippen LogP contribution in [-0.4, -0.2) is 34.4 Å². The van der Waals surface area contributed by atoms with Gasteiger partial charge in [0.15, 0.2) is 5.84 Å². The molecule has 0 heterocycles. The SMILES string of the molecule is CCC(C(=O)NC(C)C(=O)NC(C)(C)C)C(N)=NO. The van der Waals surface area contributed by atoms with Crippen molar-refractivity contribution in [1.29, 1.82) is 0 Å². The molecular formula is C12H24N4O3. The molecule has 0 rings (SSSR count). The van der Waals surface area contributed by atoms with Crippen molar-refractivity contribution in [1.82, 2.24) is 10.6 Å². The first-order valence-electron chi connectivity index (χ1n) is 6.22. The average Bonchev–Trinajstić information content (AvgIpc) is 2.27. The highest BCUT2D eigenvalue weighted by atomic mass is 16.4. The number of hydrogen-bond acceptors (Lipinski definition) is 4. The summed E-state index contributed by atoms with van der Waals surface area (Å²) in [6.45, 7) is 8.88. The van der Waals surface area contributed by atoms with Crippen molar-refractivity contribution in [2.75, 3.05) is 0 Å². The summed E-state index contributed by atoms with van der Waals surface area (Å²) < 4.78 is 0. The lowest BCUT2D eigenvalue weighted by Crippen LogP contribution is -2.52. The number of hydrogen-bond donors (Lipinski definition) is 4. The molecule has 2 amide bonds. The molecule has 0 fully saturated rings. The van der Waals surface area contributed by atoms with Gasteiger partial charge in [0.1, 0.15) is 6.04 Å². The van der Waals surface area contributed by atoms with Gasteiger partial charge in [-0.15, -0.1) is 0 Å².